The average molecular weight is 278 g/mol. The van der Waals surface area contributed by atoms with Crippen LogP contribution in [0.25, 0.3) is 0 Å². The molecule has 0 aromatic heterocycles. The van der Waals surface area contributed by atoms with Crippen LogP contribution in [0.1, 0.15) is 13.8 Å². The van der Waals surface area contributed by atoms with Crippen LogP contribution < -0.4 is 4.90 Å². The summed E-state index contributed by atoms with van der Waals surface area (Å²) in [6.07, 6.45) is 0. The maximum Gasteiger partial charge on any atom is 0.303 e. The molecule has 0 aliphatic carbocycles. The number of hydrogen-bond donors (Lipinski definition) is 0. The first kappa shape index (κ1) is 13.4. The Morgan fingerprint density at radius 1 is 0.952 bits per heavy atom. The predicted octanol–water partition coefficient (Wildman–Crippen LogP) is 4.50. The highest BCUT2D eigenvalue weighted by Gasteiger charge is 2.43. The van der Waals surface area contributed by atoms with Crippen LogP contribution in [0, 0.1) is 0 Å². The van der Waals surface area contributed by atoms with Crippen molar-refractivity contribution in [2.75, 3.05) is 4.90 Å². The van der Waals surface area contributed by atoms with Gasteiger partial charge in [0.1, 0.15) is 11.3 Å². The monoisotopic (exact) mass is 278 g/mol. The Morgan fingerprint density at radius 3 is 2.14 bits per heavy atom. The molecule has 1 aliphatic heterocycles. The third kappa shape index (κ3) is 2.42. The first-order chi connectivity index (χ1) is 10.1. The van der Waals surface area contributed by atoms with Gasteiger partial charge in [-0.2, -0.15) is 4.99 Å². The molecule has 1 heterocycles. The standard InChI is InChI=1S/C18H18N2O/c1-14-18(2,3)20(16-12-8-5-9-13-16)17(21-14)19-15-10-6-4-7-11-15/h4-13H,1H2,2-3H3. The molecule has 0 N–H and O–H groups in total. The van der Waals surface area contributed by atoms with Gasteiger partial charge < -0.3 is 4.74 Å². The minimum atomic E-state index is -0.338. The van der Waals surface area contributed by atoms with Gasteiger partial charge in [-0.25, -0.2) is 0 Å². The number of nitrogens with zero attached hydrogens (tertiary/aromatic N) is 2. The van der Waals surface area contributed by atoms with E-state index in [2.05, 4.69) is 30.3 Å². The normalized spacial score (nSPS) is 18.9. The zero-order valence-corrected chi connectivity index (χ0v) is 12.3. The molecule has 0 spiro atoms. The molecule has 3 heteroatoms. The lowest BCUT2D eigenvalue weighted by Gasteiger charge is -2.29. The largest absolute Gasteiger partial charge is 0.428 e. The molecule has 0 saturated carbocycles. The Labute approximate surface area is 125 Å². The SMILES string of the molecule is C=C1OC(=Nc2ccccc2)N(c2ccccc2)C1(C)C. The van der Waals surface area contributed by atoms with Crippen molar-refractivity contribution in [1.29, 1.82) is 0 Å². The van der Waals surface area contributed by atoms with E-state index in [1.54, 1.807) is 0 Å². The fourth-order valence-corrected chi connectivity index (χ4v) is 2.34. The molecular weight excluding hydrogens is 260 g/mol. The number of hydrogen-bond acceptors (Lipinski definition) is 2. The molecule has 3 rings (SSSR count). The molecule has 2 aromatic carbocycles. The van der Waals surface area contributed by atoms with Crippen molar-refractivity contribution in [3.05, 3.63) is 73.0 Å². The van der Waals surface area contributed by atoms with E-state index in [1.807, 2.05) is 60.7 Å². The molecule has 1 saturated heterocycles. The predicted molar refractivity (Wildman–Crippen MR) is 86.8 cm³/mol. The van der Waals surface area contributed by atoms with Crippen LogP contribution in [-0.2, 0) is 4.74 Å². The van der Waals surface area contributed by atoms with Crippen LogP contribution >= 0.6 is 0 Å². The fraction of sp³-hybridized carbons (Fsp3) is 0.167. The van der Waals surface area contributed by atoms with Gasteiger partial charge >= 0.3 is 6.02 Å². The Kier molecular flexibility index (Phi) is 3.26. The van der Waals surface area contributed by atoms with Crippen molar-refractivity contribution >= 4 is 17.4 Å². The van der Waals surface area contributed by atoms with Gasteiger partial charge in [-0.3, -0.25) is 4.90 Å². The van der Waals surface area contributed by atoms with E-state index >= 15 is 0 Å². The summed E-state index contributed by atoms with van der Waals surface area (Å²) in [7, 11) is 0. The summed E-state index contributed by atoms with van der Waals surface area (Å²) in [5, 5.41) is 0. The van der Waals surface area contributed by atoms with Crippen molar-refractivity contribution < 1.29 is 4.74 Å². The van der Waals surface area contributed by atoms with Gasteiger partial charge in [0, 0.05) is 5.69 Å². The van der Waals surface area contributed by atoms with E-state index in [0.717, 1.165) is 11.4 Å². The quantitative estimate of drug-likeness (QED) is 0.807. The van der Waals surface area contributed by atoms with E-state index < -0.39 is 0 Å². The van der Waals surface area contributed by atoms with Gasteiger partial charge in [0.05, 0.1) is 5.69 Å². The van der Waals surface area contributed by atoms with Crippen LogP contribution in [0.4, 0.5) is 11.4 Å². The minimum Gasteiger partial charge on any atom is -0.428 e. The third-order valence-corrected chi connectivity index (χ3v) is 3.64. The van der Waals surface area contributed by atoms with Gasteiger partial charge in [-0.15, -0.1) is 0 Å². The lowest BCUT2D eigenvalue weighted by atomic mass is 10.0. The van der Waals surface area contributed by atoms with Crippen LogP contribution in [0.5, 0.6) is 0 Å². The zero-order valence-electron chi connectivity index (χ0n) is 12.3. The summed E-state index contributed by atoms with van der Waals surface area (Å²) in [5.41, 5.74) is 1.56. The molecular formula is C18H18N2O. The third-order valence-electron chi connectivity index (χ3n) is 3.64. The Bertz CT molecular complexity index is 675. The zero-order chi connectivity index (χ0) is 14.9. The van der Waals surface area contributed by atoms with E-state index in [0.29, 0.717) is 11.8 Å². The van der Waals surface area contributed by atoms with Crippen LogP contribution in [-0.4, -0.2) is 11.6 Å². The molecule has 2 aromatic rings. The van der Waals surface area contributed by atoms with Gasteiger partial charge in [0.25, 0.3) is 0 Å². The van der Waals surface area contributed by atoms with Crippen LogP contribution in [0.3, 0.4) is 0 Å². The summed E-state index contributed by atoms with van der Waals surface area (Å²) in [6, 6.07) is 20.5. The van der Waals surface area contributed by atoms with E-state index in [9.17, 15) is 0 Å². The number of amidine groups is 1. The number of para-hydroxylation sites is 2. The molecule has 1 aliphatic rings. The summed E-state index contributed by atoms with van der Waals surface area (Å²) in [5.74, 6) is 0.695. The van der Waals surface area contributed by atoms with E-state index in [1.165, 1.54) is 0 Å². The van der Waals surface area contributed by atoms with Crippen LogP contribution in [0.2, 0.25) is 0 Å². The first-order valence-electron chi connectivity index (χ1n) is 6.95. The fourth-order valence-electron chi connectivity index (χ4n) is 2.34. The number of ether oxygens (including phenoxy) is 1. The van der Waals surface area contributed by atoms with Gasteiger partial charge in [-0.05, 0) is 38.1 Å². The maximum absolute atomic E-state index is 5.83. The highest BCUT2D eigenvalue weighted by Crippen LogP contribution is 2.37. The molecule has 3 nitrogen and oxygen atoms in total. The van der Waals surface area contributed by atoms with Crippen molar-refractivity contribution in [2.45, 2.75) is 19.4 Å². The van der Waals surface area contributed by atoms with Crippen molar-refractivity contribution in [3.8, 4) is 0 Å². The second-order valence-electron chi connectivity index (χ2n) is 5.49. The molecule has 21 heavy (non-hydrogen) atoms. The van der Waals surface area contributed by atoms with Crippen LogP contribution in [0.15, 0.2) is 78.0 Å². The average Bonchev–Trinajstić information content (AvgIpc) is 2.70. The summed E-state index contributed by atoms with van der Waals surface area (Å²) in [6.45, 7) is 8.19. The molecule has 0 radical (unpaired) electrons. The van der Waals surface area contributed by atoms with Crippen molar-refractivity contribution in [3.63, 3.8) is 0 Å². The molecule has 0 amide bonds. The second kappa shape index (κ2) is 5.09. The van der Waals surface area contributed by atoms with Gasteiger partial charge in [-0.1, -0.05) is 43.0 Å². The van der Waals surface area contributed by atoms with Crippen molar-refractivity contribution in [1.82, 2.24) is 0 Å². The molecule has 0 unspecified atom stereocenters. The second-order valence-corrected chi connectivity index (χ2v) is 5.49. The topological polar surface area (TPSA) is 24.8 Å². The summed E-state index contributed by atoms with van der Waals surface area (Å²) in [4.78, 5) is 6.69. The van der Waals surface area contributed by atoms with Gasteiger partial charge in [0.15, 0.2) is 0 Å². The highest BCUT2D eigenvalue weighted by atomic mass is 16.5. The number of aliphatic imine (C=N–C) groups is 1. The number of benzene rings is 2. The molecule has 0 atom stereocenters. The summed E-state index contributed by atoms with van der Waals surface area (Å²) < 4.78 is 5.83. The number of anilines is 1. The Hall–Kier alpha value is -2.55. The van der Waals surface area contributed by atoms with Gasteiger partial charge in [0.2, 0.25) is 0 Å². The minimum absolute atomic E-state index is 0.338. The van der Waals surface area contributed by atoms with E-state index in [-0.39, 0.29) is 5.54 Å². The molecule has 106 valence electrons. The Balaban J connectivity index is 2.07. The Morgan fingerprint density at radius 2 is 1.52 bits per heavy atom. The highest BCUT2D eigenvalue weighted by molar-refractivity contribution is 5.98. The van der Waals surface area contributed by atoms with E-state index in [4.69, 9.17) is 4.74 Å². The lowest BCUT2D eigenvalue weighted by Crippen LogP contribution is -2.41. The maximum atomic E-state index is 5.83. The first-order valence-corrected chi connectivity index (χ1v) is 6.95. The smallest absolute Gasteiger partial charge is 0.303 e. The lowest BCUT2D eigenvalue weighted by molar-refractivity contribution is 0.397. The van der Waals surface area contributed by atoms with Crippen molar-refractivity contribution in [2.24, 2.45) is 4.99 Å². The molecule has 1 fully saturated rings. The summed E-state index contributed by atoms with van der Waals surface area (Å²) >= 11 is 0. The number of rotatable bonds is 2. The molecule has 0 bridgehead atoms.